The molecule has 0 fully saturated rings. The molecule has 7 heteroatoms. The first-order valence-electron chi connectivity index (χ1n) is 4.96. The van der Waals surface area contributed by atoms with Crippen LogP contribution < -0.4 is 21.5 Å². The molecule has 7 nitrogen and oxygen atoms in total. The lowest BCUT2D eigenvalue weighted by Gasteiger charge is -2.20. The lowest BCUT2D eigenvalue weighted by atomic mass is 10.4. The van der Waals surface area contributed by atoms with Crippen molar-refractivity contribution in [2.24, 2.45) is 5.84 Å². The summed E-state index contributed by atoms with van der Waals surface area (Å²) in [7, 11) is 1.60. The van der Waals surface area contributed by atoms with Crippen molar-refractivity contribution in [3.05, 3.63) is 12.3 Å². The summed E-state index contributed by atoms with van der Waals surface area (Å²) in [5, 5.41) is 2.56. The van der Waals surface area contributed by atoms with E-state index in [2.05, 4.69) is 20.7 Å². The van der Waals surface area contributed by atoms with E-state index in [0.29, 0.717) is 18.3 Å². The molecule has 1 aromatic rings. The molecule has 1 rings (SSSR count). The molecule has 1 amide bonds. The van der Waals surface area contributed by atoms with Gasteiger partial charge in [-0.3, -0.25) is 10.2 Å². The Balaban J connectivity index is 2.81. The van der Waals surface area contributed by atoms with Gasteiger partial charge in [0.25, 0.3) is 0 Å². The Hall–Kier alpha value is -1.89. The number of nitrogens with zero attached hydrogens (tertiary/aromatic N) is 3. The van der Waals surface area contributed by atoms with Gasteiger partial charge in [0.1, 0.15) is 5.82 Å². The number of hydrazine groups is 1. The molecule has 16 heavy (non-hydrogen) atoms. The second-order valence-electron chi connectivity index (χ2n) is 3.07. The van der Waals surface area contributed by atoms with Gasteiger partial charge in [-0.2, -0.15) is 4.98 Å². The van der Waals surface area contributed by atoms with Crippen molar-refractivity contribution in [1.29, 1.82) is 0 Å². The molecule has 0 aliphatic heterocycles. The average molecular weight is 224 g/mol. The summed E-state index contributed by atoms with van der Waals surface area (Å²) in [4.78, 5) is 21.1. The van der Waals surface area contributed by atoms with Crippen LogP contribution in [0.1, 0.15) is 6.92 Å². The average Bonchev–Trinajstić information content (AvgIpc) is 2.35. The first kappa shape index (κ1) is 12.2. The number of hydrogen-bond acceptors (Lipinski definition) is 6. The molecular formula is C9H16N6O. The standard InChI is InChI=1S/C9H16N6O/c1-3-15(6-8(16)11-2)7-4-5-12-9(13-7)14-10/h4-5H,3,6,10H2,1-2H3,(H,11,16)(H,12,13,14). The number of carbonyl (C=O) groups excluding carboxylic acids is 1. The van der Waals surface area contributed by atoms with E-state index in [4.69, 9.17) is 5.84 Å². The van der Waals surface area contributed by atoms with Gasteiger partial charge >= 0.3 is 0 Å². The van der Waals surface area contributed by atoms with Crippen LogP contribution >= 0.6 is 0 Å². The third-order valence-electron chi connectivity index (χ3n) is 2.09. The van der Waals surface area contributed by atoms with E-state index in [1.165, 1.54) is 0 Å². The smallest absolute Gasteiger partial charge is 0.239 e. The maximum atomic E-state index is 11.3. The lowest BCUT2D eigenvalue weighted by Crippen LogP contribution is -2.36. The highest BCUT2D eigenvalue weighted by molar-refractivity contribution is 5.80. The molecule has 0 radical (unpaired) electrons. The van der Waals surface area contributed by atoms with E-state index >= 15 is 0 Å². The maximum Gasteiger partial charge on any atom is 0.239 e. The van der Waals surface area contributed by atoms with E-state index in [0.717, 1.165) is 0 Å². The molecule has 0 aliphatic carbocycles. The van der Waals surface area contributed by atoms with Crippen LogP contribution in [0.3, 0.4) is 0 Å². The maximum absolute atomic E-state index is 11.3. The third kappa shape index (κ3) is 3.06. The van der Waals surface area contributed by atoms with Crippen LogP contribution in [-0.4, -0.2) is 36.0 Å². The summed E-state index contributed by atoms with van der Waals surface area (Å²) in [6.07, 6.45) is 1.59. The molecule has 1 heterocycles. The van der Waals surface area contributed by atoms with Gasteiger partial charge in [-0.15, -0.1) is 0 Å². The normalized spacial score (nSPS) is 9.69. The second kappa shape index (κ2) is 5.86. The van der Waals surface area contributed by atoms with Crippen LogP contribution in [-0.2, 0) is 4.79 Å². The summed E-state index contributed by atoms with van der Waals surface area (Å²) in [5.74, 6) is 6.14. The number of hydrogen-bond donors (Lipinski definition) is 3. The number of nitrogens with two attached hydrogens (primary N) is 1. The highest BCUT2D eigenvalue weighted by atomic mass is 16.1. The zero-order valence-corrected chi connectivity index (χ0v) is 9.40. The zero-order valence-electron chi connectivity index (χ0n) is 9.40. The lowest BCUT2D eigenvalue weighted by molar-refractivity contribution is -0.119. The first-order valence-corrected chi connectivity index (χ1v) is 4.96. The molecule has 1 aromatic heterocycles. The van der Waals surface area contributed by atoms with Crippen molar-refractivity contribution in [2.45, 2.75) is 6.92 Å². The Morgan fingerprint density at radius 2 is 2.38 bits per heavy atom. The number of nitrogens with one attached hydrogen (secondary N) is 2. The Labute approximate surface area is 94.0 Å². The van der Waals surface area contributed by atoms with Crippen LogP contribution in [0.2, 0.25) is 0 Å². The summed E-state index contributed by atoms with van der Waals surface area (Å²) < 4.78 is 0. The number of likely N-dealkylation sites (N-methyl/N-ethyl adjacent to an activating group) is 2. The van der Waals surface area contributed by atoms with Crippen LogP contribution in [0.4, 0.5) is 11.8 Å². The fourth-order valence-corrected chi connectivity index (χ4v) is 1.20. The first-order chi connectivity index (χ1) is 7.71. The summed E-state index contributed by atoms with van der Waals surface area (Å²) in [6.45, 7) is 2.88. The van der Waals surface area contributed by atoms with Gasteiger partial charge in [-0.1, -0.05) is 0 Å². The van der Waals surface area contributed by atoms with Crippen molar-refractivity contribution in [1.82, 2.24) is 15.3 Å². The van der Waals surface area contributed by atoms with E-state index in [-0.39, 0.29) is 12.5 Å². The number of rotatable bonds is 5. The molecule has 88 valence electrons. The predicted molar refractivity (Wildman–Crippen MR) is 61.8 cm³/mol. The Kier molecular flexibility index (Phi) is 4.46. The van der Waals surface area contributed by atoms with Gasteiger partial charge < -0.3 is 10.2 Å². The Bertz CT molecular complexity index is 356. The number of amides is 1. The molecular weight excluding hydrogens is 208 g/mol. The minimum atomic E-state index is -0.0669. The van der Waals surface area contributed by atoms with E-state index in [1.54, 1.807) is 19.3 Å². The van der Waals surface area contributed by atoms with Crippen LogP contribution in [0.5, 0.6) is 0 Å². The topological polar surface area (TPSA) is 96.2 Å². The van der Waals surface area contributed by atoms with E-state index in [1.807, 2.05) is 11.8 Å². The zero-order chi connectivity index (χ0) is 12.0. The van der Waals surface area contributed by atoms with E-state index < -0.39 is 0 Å². The Morgan fingerprint density at radius 1 is 1.62 bits per heavy atom. The van der Waals surface area contributed by atoms with Crippen LogP contribution in [0.25, 0.3) is 0 Å². The van der Waals surface area contributed by atoms with Crippen molar-refractivity contribution < 1.29 is 4.79 Å². The monoisotopic (exact) mass is 224 g/mol. The van der Waals surface area contributed by atoms with Crippen molar-refractivity contribution in [3.63, 3.8) is 0 Å². The summed E-state index contributed by atoms with van der Waals surface area (Å²) >= 11 is 0. The van der Waals surface area contributed by atoms with E-state index in [9.17, 15) is 4.79 Å². The van der Waals surface area contributed by atoms with Crippen LogP contribution in [0.15, 0.2) is 12.3 Å². The van der Waals surface area contributed by atoms with Gasteiger partial charge in [-0.05, 0) is 13.0 Å². The molecule has 0 aliphatic rings. The highest BCUT2D eigenvalue weighted by Crippen LogP contribution is 2.10. The largest absolute Gasteiger partial charge is 0.358 e. The quantitative estimate of drug-likeness (QED) is 0.453. The highest BCUT2D eigenvalue weighted by Gasteiger charge is 2.10. The van der Waals surface area contributed by atoms with Crippen LogP contribution in [0, 0.1) is 0 Å². The van der Waals surface area contributed by atoms with Gasteiger partial charge in [-0.25, -0.2) is 10.8 Å². The molecule has 0 unspecified atom stereocenters. The SMILES string of the molecule is CCN(CC(=O)NC)c1ccnc(NN)n1. The number of anilines is 2. The second-order valence-corrected chi connectivity index (χ2v) is 3.07. The van der Waals surface area contributed by atoms with Gasteiger partial charge in [0.15, 0.2) is 0 Å². The van der Waals surface area contributed by atoms with Crippen molar-refractivity contribution >= 4 is 17.7 Å². The molecule has 0 aromatic carbocycles. The molecule has 4 N–H and O–H groups in total. The number of nitrogen functional groups attached to an aromatic ring is 1. The number of carbonyl (C=O) groups is 1. The van der Waals surface area contributed by atoms with Crippen molar-refractivity contribution in [2.75, 3.05) is 30.5 Å². The summed E-state index contributed by atoms with van der Waals surface area (Å²) in [6, 6.07) is 1.73. The summed E-state index contributed by atoms with van der Waals surface area (Å²) in [5.41, 5.74) is 2.36. The fraction of sp³-hybridized carbons (Fsp3) is 0.444. The number of aromatic nitrogens is 2. The third-order valence-corrected chi connectivity index (χ3v) is 2.09. The van der Waals surface area contributed by atoms with Crippen molar-refractivity contribution in [3.8, 4) is 0 Å². The predicted octanol–water partition coefficient (Wildman–Crippen LogP) is -0.665. The minimum Gasteiger partial charge on any atom is -0.358 e. The molecule has 0 bridgehead atoms. The fourth-order valence-electron chi connectivity index (χ4n) is 1.20. The minimum absolute atomic E-state index is 0.0669. The molecule has 0 atom stereocenters. The van der Waals surface area contributed by atoms with Gasteiger partial charge in [0.05, 0.1) is 6.54 Å². The van der Waals surface area contributed by atoms with Gasteiger partial charge in [0.2, 0.25) is 11.9 Å². The van der Waals surface area contributed by atoms with Gasteiger partial charge in [0, 0.05) is 19.8 Å². The molecule has 0 saturated carbocycles. The molecule has 0 spiro atoms. The molecule has 0 saturated heterocycles. The Morgan fingerprint density at radius 3 is 2.94 bits per heavy atom.